The second-order valence-electron chi connectivity index (χ2n) is 5.82. The van der Waals surface area contributed by atoms with E-state index in [4.69, 9.17) is 23.2 Å². The molecule has 1 aromatic rings. The van der Waals surface area contributed by atoms with E-state index in [1.54, 1.807) is 23.1 Å². The summed E-state index contributed by atoms with van der Waals surface area (Å²) in [6, 6.07) is 5.24. The van der Waals surface area contributed by atoms with E-state index >= 15 is 0 Å². The van der Waals surface area contributed by atoms with Gasteiger partial charge in [-0.25, -0.2) is 0 Å². The number of likely N-dealkylation sites (tertiary alicyclic amines) is 1. The van der Waals surface area contributed by atoms with Gasteiger partial charge >= 0.3 is 0 Å². The first-order valence-corrected chi connectivity index (χ1v) is 8.77. The van der Waals surface area contributed by atoms with Gasteiger partial charge in [-0.3, -0.25) is 9.59 Å². The summed E-state index contributed by atoms with van der Waals surface area (Å²) in [7, 11) is 0. The van der Waals surface area contributed by atoms with Crippen LogP contribution < -0.4 is 5.32 Å². The Morgan fingerprint density at radius 2 is 1.83 bits per heavy atom. The first kappa shape index (κ1) is 18.1. The molecule has 2 rings (SSSR count). The largest absolute Gasteiger partial charge is 0.356 e. The van der Waals surface area contributed by atoms with E-state index in [0.717, 1.165) is 6.42 Å². The molecular weight excluding hydrogens is 335 g/mol. The lowest BCUT2D eigenvalue weighted by atomic mass is 9.95. The van der Waals surface area contributed by atoms with Gasteiger partial charge in [0.2, 0.25) is 11.8 Å². The van der Waals surface area contributed by atoms with Gasteiger partial charge < -0.3 is 10.2 Å². The number of carbonyl (C=O) groups excluding carboxylic acids is 2. The van der Waals surface area contributed by atoms with E-state index in [0.29, 0.717) is 48.1 Å². The maximum atomic E-state index is 12.4. The maximum absolute atomic E-state index is 12.4. The summed E-state index contributed by atoms with van der Waals surface area (Å²) in [5, 5.41) is 3.95. The van der Waals surface area contributed by atoms with E-state index in [-0.39, 0.29) is 24.2 Å². The van der Waals surface area contributed by atoms with E-state index in [1.807, 2.05) is 6.92 Å². The third kappa shape index (κ3) is 4.85. The Morgan fingerprint density at radius 1 is 1.22 bits per heavy atom. The average molecular weight is 357 g/mol. The molecule has 0 bridgehead atoms. The third-order valence-electron chi connectivity index (χ3n) is 4.16. The number of rotatable bonds is 5. The first-order valence-electron chi connectivity index (χ1n) is 8.01. The van der Waals surface area contributed by atoms with Crippen LogP contribution in [0.4, 0.5) is 0 Å². The predicted octanol–water partition coefficient (Wildman–Crippen LogP) is 3.30. The van der Waals surface area contributed by atoms with Gasteiger partial charge in [0.1, 0.15) is 0 Å². The second-order valence-corrected chi connectivity index (χ2v) is 6.64. The van der Waals surface area contributed by atoms with Crippen molar-refractivity contribution in [3.63, 3.8) is 0 Å². The number of carbonyl (C=O) groups is 2. The quantitative estimate of drug-likeness (QED) is 0.879. The molecule has 1 fully saturated rings. The maximum Gasteiger partial charge on any atom is 0.227 e. The van der Waals surface area contributed by atoms with Gasteiger partial charge in [0.15, 0.2) is 0 Å². The van der Waals surface area contributed by atoms with Crippen molar-refractivity contribution in [1.29, 1.82) is 0 Å². The highest BCUT2D eigenvalue weighted by molar-refractivity contribution is 6.36. The monoisotopic (exact) mass is 356 g/mol. The van der Waals surface area contributed by atoms with Crippen molar-refractivity contribution in [2.75, 3.05) is 19.6 Å². The molecule has 1 saturated heterocycles. The summed E-state index contributed by atoms with van der Waals surface area (Å²) in [5.74, 6) is 0.120. The highest BCUT2D eigenvalue weighted by atomic mass is 35.5. The van der Waals surface area contributed by atoms with E-state index in [1.165, 1.54) is 0 Å². The van der Waals surface area contributed by atoms with Crippen molar-refractivity contribution >= 4 is 35.0 Å². The zero-order chi connectivity index (χ0) is 16.8. The van der Waals surface area contributed by atoms with Crippen molar-refractivity contribution in [2.24, 2.45) is 5.92 Å². The fraction of sp³-hybridized carbons (Fsp3) is 0.529. The highest BCUT2D eigenvalue weighted by Gasteiger charge is 2.27. The number of nitrogens with zero attached hydrogens (tertiary/aromatic N) is 1. The first-order chi connectivity index (χ1) is 11.0. The van der Waals surface area contributed by atoms with Crippen molar-refractivity contribution in [3.8, 4) is 0 Å². The number of hydrogen-bond donors (Lipinski definition) is 1. The van der Waals surface area contributed by atoms with Gasteiger partial charge in [-0.2, -0.15) is 0 Å². The van der Waals surface area contributed by atoms with E-state index in [2.05, 4.69) is 5.32 Å². The lowest BCUT2D eigenvalue weighted by molar-refractivity contribution is -0.135. The smallest absolute Gasteiger partial charge is 0.227 e. The van der Waals surface area contributed by atoms with Gasteiger partial charge in [0.05, 0.1) is 6.42 Å². The predicted molar refractivity (Wildman–Crippen MR) is 92.8 cm³/mol. The molecule has 0 saturated carbocycles. The SMILES string of the molecule is CCCNC(=O)C1CCN(C(=O)Cc2c(Cl)cccc2Cl)CC1. The number of amides is 2. The lowest BCUT2D eigenvalue weighted by Gasteiger charge is -2.31. The Bertz CT molecular complexity index is 549. The molecule has 0 aliphatic carbocycles. The van der Waals surface area contributed by atoms with Gasteiger partial charge in [-0.1, -0.05) is 36.2 Å². The number of benzene rings is 1. The molecule has 0 aromatic heterocycles. The molecule has 2 amide bonds. The Hall–Kier alpha value is -1.26. The summed E-state index contributed by atoms with van der Waals surface area (Å²) in [6.45, 7) is 3.95. The zero-order valence-electron chi connectivity index (χ0n) is 13.3. The molecule has 0 atom stereocenters. The van der Waals surface area contributed by atoms with Crippen LogP contribution in [0.5, 0.6) is 0 Å². The standard InChI is InChI=1S/C17H22Cl2N2O2/c1-2-8-20-17(23)12-6-9-21(10-7-12)16(22)11-13-14(18)4-3-5-15(13)19/h3-5,12H,2,6-11H2,1H3,(H,20,23). The number of nitrogens with one attached hydrogen (secondary N) is 1. The minimum Gasteiger partial charge on any atom is -0.356 e. The summed E-state index contributed by atoms with van der Waals surface area (Å²) in [4.78, 5) is 26.2. The van der Waals surface area contributed by atoms with Crippen LogP contribution in [0.15, 0.2) is 18.2 Å². The van der Waals surface area contributed by atoms with Gasteiger partial charge in [0, 0.05) is 35.6 Å². The Morgan fingerprint density at radius 3 is 2.39 bits per heavy atom. The molecule has 1 aliphatic rings. The van der Waals surface area contributed by atoms with Gasteiger partial charge in [-0.05, 0) is 37.0 Å². The molecule has 1 aromatic carbocycles. The van der Waals surface area contributed by atoms with E-state index < -0.39 is 0 Å². The van der Waals surface area contributed by atoms with Crippen LogP contribution in [0.25, 0.3) is 0 Å². The molecule has 0 spiro atoms. The zero-order valence-corrected chi connectivity index (χ0v) is 14.8. The van der Waals surface area contributed by atoms with E-state index in [9.17, 15) is 9.59 Å². The topological polar surface area (TPSA) is 49.4 Å². The van der Waals surface area contributed by atoms with Crippen molar-refractivity contribution < 1.29 is 9.59 Å². The van der Waals surface area contributed by atoms with Crippen LogP contribution in [-0.2, 0) is 16.0 Å². The molecule has 6 heteroatoms. The number of piperidine rings is 1. The van der Waals surface area contributed by atoms with Crippen LogP contribution in [0.1, 0.15) is 31.7 Å². The average Bonchev–Trinajstić information content (AvgIpc) is 2.56. The molecule has 1 aliphatic heterocycles. The molecule has 4 nitrogen and oxygen atoms in total. The molecule has 0 unspecified atom stereocenters. The molecular formula is C17H22Cl2N2O2. The number of hydrogen-bond acceptors (Lipinski definition) is 2. The second kappa shape index (κ2) is 8.55. The lowest BCUT2D eigenvalue weighted by Crippen LogP contribution is -2.43. The molecule has 1 N–H and O–H groups in total. The normalized spacial score (nSPS) is 15.5. The fourth-order valence-electron chi connectivity index (χ4n) is 2.75. The minimum atomic E-state index is 0.00687. The van der Waals surface area contributed by atoms with Gasteiger partial charge in [-0.15, -0.1) is 0 Å². The van der Waals surface area contributed by atoms with Crippen LogP contribution in [-0.4, -0.2) is 36.3 Å². The van der Waals surface area contributed by atoms with Crippen LogP contribution >= 0.6 is 23.2 Å². The Labute approximate surface area is 147 Å². The van der Waals surface area contributed by atoms with Crippen molar-refractivity contribution in [3.05, 3.63) is 33.8 Å². The molecule has 1 heterocycles. The third-order valence-corrected chi connectivity index (χ3v) is 4.87. The fourth-order valence-corrected chi connectivity index (χ4v) is 3.28. The van der Waals surface area contributed by atoms with Crippen LogP contribution in [0.2, 0.25) is 10.0 Å². The van der Waals surface area contributed by atoms with Gasteiger partial charge in [0.25, 0.3) is 0 Å². The summed E-state index contributed by atoms with van der Waals surface area (Å²) in [5.41, 5.74) is 0.670. The minimum absolute atomic E-state index is 0.00687. The Balaban J connectivity index is 1.88. The molecule has 0 radical (unpaired) electrons. The molecule has 126 valence electrons. The van der Waals surface area contributed by atoms with Crippen molar-refractivity contribution in [2.45, 2.75) is 32.6 Å². The van der Waals surface area contributed by atoms with Crippen molar-refractivity contribution in [1.82, 2.24) is 10.2 Å². The summed E-state index contributed by atoms with van der Waals surface area (Å²) < 4.78 is 0. The Kier molecular flexibility index (Phi) is 6.72. The highest BCUT2D eigenvalue weighted by Crippen LogP contribution is 2.26. The molecule has 23 heavy (non-hydrogen) atoms. The number of halogens is 2. The summed E-state index contributed by atoms with van der Waals surface area (Å²) >= 11 is 12.2. The van der Waals surface area contributed by atoms with Crippen LogP contribution in [0.3, 0.4) is 0 Å². The van der Waals surface area contributed by atoms with Crippen LogP contribution in [0, 0.1) is 5.92 Å². The summed E-state index contributed by atoms with van der Waals surface area (Å²) in [6.07, 6.45) is 2.54.